The number of hydrogen-bond acceptors (Lipinski definition) is 3. The Balaban J connectivity index is 3.11. The smallest absolute Gasteiger partial charge is 0.341 e. The van der Waals surface area contributed by atoms with Crippen molar-refractivity contribution in [2.75, 3.05) is 12.9 Å². The van der Waals surface area contributed by atoms with Gasteiger partial charge >= 0.3 is 5.97 Å². The highest BCUT2D eigenvalue weighted by molar-refractivity contribution is 7.98. The molecule has 1 aromatic carbocycles. The molecule has 4 heteroatoms. The van der Waals surface area contributed by atoms with Crippen molar-refractivity contribution in [1.29, 1.82) is 0 Å². The Bertz CT molecular complexity index is 377. The summed E-state index contributed by atoms with van der Waals surface area (Å²) in [6.07, 6.45) is 1.87. The van der Waals surface area contributed by atoms with Gasteiger partial charge in [0.2, 0.25) is 0 Å². The van der Waals surface area contributed by atoms with Crippen LogP contribution in [0.3, 0.4) is 0 Å². The van der Waals surface area contributed by atoms with Crippen LogP contribution in [-0.4, -0.2) is 18.8 Å². The molecule has 0 aliphatic carbocycles. The highest BCUT2D eigenvalue weighted by Crippen LogP contribution is 2.24. The number of thioether (sulfide) groups is 1. The molecule has 2 nitrogen and oxygen atoms in total. The monoisotopic (exact) mass is 228 g/mol. The predicted octanol–water partition coefficient (Wildman–Crippen LogP) is 3.03. The largest absolute Gasteiger partial charge is 0.462 e. The standard InChI is InChI=1S/C11H13FO2S/c1-4-14-11(13)8-5-6-9(15-3)7(2)10(8)12/h5-6H,4H2,1-3H3. The summed E-state index contributed by atoms with van der Waals surface area (Å²) in [7, 11) is 0. The van der Waals surface area contributed by atoms with Crippen LogP contribution in [-0.2, 0) is 4.74 Å². The average Bonchev–Trinajstić information content (AvgIpc) is 2.22. The molecule has 1 aromatic rings. The zero-order valence-corrected chi connectivity index (χ0v) is 9.78. The van der Waals surface area contributed by atoms with E-state index in [0.29, 0.717) is 5.56 Å². The third kappa shape index (κ3) is 2.50. The van der Waals surface area contributed by atoms with E-state index in [0.717, 1.165) is 4.90 Å². The third-order valence-electron chi connectivity index (χ3n) is 2.05. The van der Waals surface area contributed by atoms with Crippen molar-refractivity contribution in [3.05, 3.63) is 29.1 Å². The number of halogens is 1. The quantitative estimate of drug-likeness (QED) is 0.587. The van der Waals surface area contributed by atoms with Gasteiger partial charge in [0.05, 0.1) is 12.2 Å². The van der Waals surface area contributed by atoms with Gasteiger partial charge in [-0.05, 0) is 37.8 Å². The van der Waals surface area contributed by atoms with Gasteiger partial charge in [-0.25, -0.2) is 9.18 Å². The van der Waals surface area contributed by atoms with Crippen LogP contribution in [0.4, 0.5) is 4.39 Å². The molecule has 82 valence electrons. The molecule has 0 amide bonds. The van der Waals surface area contributed by atoms with E-state index in [1.165, 1.54) is 17.8 Å². The lowest BCUT2D eigenvalue weighted by atomic mass is 10.1. The lowest BCUT2D eigenvalue weighted by Crippen LogP contribution is -2.08. The van der Waals surface area contributed by atoms with Crippen molar-refractivity contribution < 1.29 is 13.9 Å². The van der Waals surface area contributed by atoms with Crippen LogP contribution in [0.15, 0.2) is 17.0 Å². The van der Waals surface area contributed by atoms with Crippen molar-refractivity contribution in [3.8, 4) is 0 Å². The van der Waals surface area contributed by atoms with Crippen molar-refractivity contribution in [2.45, 2.75) is 18.7 Å². The molecular weight excluding hydrogens is 215 g/mol. The van der Waals surface area contributed by atoms with Crippen molar-refractivity contribution in [2.24, 2.45) is 0 Å². The molecule has 15 heavy (non-hydrogen) atoms. The number of carbonyl (C=O) groups excluding carboxylic acids is 1. The van der Waals surface area contributed by atoms with Crippen LogP contribution in [0, 0.1) is 12.7 Å². The van der Waals surface area contributed by atoms with Crippen LogP contribution < -0.4 is 0 Å². The van der Waals surface area contributed by atoms with Crippen LogP contribution in [0.5, 0.6) is 0 Å². The number of rotatable bonds is 3. The van der Waals surface area contributed by atoms with E-state index in [2.05, 4.69) is 0 Å². The number of benzene rings is 1. The highest BCUT2D eigenvalue weighted by Gasteiger charge is 2.16. The highest BCUT2D eigenvalue weighted by atomic mass is 32.2. The first-order chi connectivity index (χ1) is 7.11. The fourth-order valence-corrected chi connectivity index (χ4v) is 1.85. The second-order valence-electron chi connectivity index (χ2n) is 2.97. The Kier molecular flexibility index (Phi) is 4.15. The van der Waals surface area contributed by atoms with E-state index < -0.39 is 11.8 Å². The molecule has 0 N–H and O–H groups in total. The third-order valence-corrected chi connectivity index (χ3v) is 2.93. The Morgan fingerprint density at radius 1 is 1.53 bits per heavy atom. The van der Waals surface area contributed by atoms with Gasteiger partial charge in [-0.3, -0.25) is 0 Å². The van der Waals surface area contributed by atoms with E-state index in [-0.39, 0.29) is 12.2 Å². The molecule has 0 heterocycles. The molecule has 0 radical (unpaired) electrons. The van der Waals surface area contributed by atoms with Crippen LogP contribution >= 0.6 is 11.8 Å². The van der Waals surface area contributed by atoms with Gasteiger partial charge in [-0.1, -0.05) is 0 Å². The molecule has 0 atom stereocenters. The second-order valence-corrected chi connectivity index (χ2v) is 3.82. The first-order valence-electron chi connectivity index (χ1n) is 4.62. The minimum atomic E-state index is -0.606. The predicted molar refractivity (Wildman–Crippen MR) is 58.9 cm³/mol. The van der Waals surface area contributed by atoms with E-state index in [1.54, 1.807) is 19.9 Å². The lowest BCUT2D eigenvalue weighted by molar-refractivity contribution is 0.0520. The van der Waals surface area contributed by atoms with Gasteiger partial charge in [-0.15, -0.1) is 11.8 Å². The zero-order valence-electron chi connectivity index (χ0n) is 8.96. The van der Waals surface area contributed by atoms with E-state index >= 15 is 0 Å². The fraction of sp³-hybridized carbons (Fsp3) is 0.364. The summed E-state index contributed by atoms with van der Waals surface area (Å²) in [6, 6.07) is 3.20. The lowest BCUT2D eigenvalue weighted by Gasteiger charge is -2.08. The van der Waals surface area contributed by atoms with E-state index in [9.17, 15) is 9.18 Å². The Morgan fingerprint density at radius 2 is 2.20 bits per heavy atom. The average molecular weight is 228 g/mol. The Morgan fingerprint density at radius 3 is 2.73 bits per heavy atom. The maximum absolute atomic E-state index is 13.7. The molecule has 1 rings (SSSR count). The Hall–Kier alpha value is -1.03. The summed E-state index contributed by atoms with van der Waals surface area (Å²) < 4.78 is 18.5. The van der Waals surface area contributed by atoms with Crippen LogP contribution in [0.2, 0.25) is 0 Å². The van der Waals surface area contributed by atoms with Crippen molar-refractivity contribution in [3.63, 3.8) is 0 Å². The summed E-state index contributed by atoms with van der Waals surface area (Å²) in [5.74, 6) is -1.09. The summed E-state index contributed by atoms with van der Waals surface area (Å²) in [6.45, 7) is 3.60. The molecule has 0 spiro atoms. The molecule has 0 bridgehead atoms. The summed E-state index contributed by atoms with van der Waals surface area (Å²) in [5.41, 5.74) is 0.500. The number of carbonyl (C=O) groups is 1. The molecule has 0 aliphatic rings. The molecule has 0 saturated heterocycles. The maximum Gasteiger partial charge on any atom is 0.341 e. The fourth-order valence-electron chi connectivity index (χ4n) is 1.25. The molecule has 0 aliphatic heterocycles. The summed E-state index contributed by atoms with van der Waals surface area (Å²) >= 11 is 1.45. The van der Waals surface area contributed by atoms with Gasteiger partial charge in [0.25, 0.3) is 0 Å². The maximum atomic E-state index is 13.7. The first-order valence-corrected chi connectivity index (χ1v) is 5.84. The van der Waals surface area contributed by atoms with E-state index in [4.69, 9.17) is 4.74 Å². The molecule has 0 saturated carbocycles. The normalized spacial score (nSPS) is 10.1. The van der Waals surface area contributed by atoms with Gasteiger partial charge < -0.3 is 4.74 Å². The summed E-state index contributed by atoms with van der Waals surface area (Å²) in [4.78, 5) is 12.2. The molecule has 0 unspecified atom stereocenters. The second kappa shape index (κ2) is 5.16. The summed E-state index contributed by atoms with van der Waals surface area (Å²) in [5, 5.41) is 0. The van der Waals surface area contributed by atoms with Crippen molar-refractivity contribution in [1.82, 2.24) is 0 Å². The topological polar surface area (TPSA) is 26.3 Å². The van der Waals surface area contributed by atoms with Gasteiger partial charge in [0.15, 0.2) is 0 Å². The van der Waals surface area contributed by atoms with Crippen LogP contribution in [0.1, 0.15) is 22.8 Å². The van der Waals surface area contributed by atoms with Crippen molar-refractivity contribution >= 4 is 17.7 Å². The van der Waals surface area contributed by atoms with Crippen LogP contribution in [0.25, 0.3) is 0 Å². The van der Waals surface area contributed by atoms with E-state index in [1.807, 2.05) is 6.26 Å². The van der Waals surface area contributed by atoms with Gasteiger partial charge in [0, 0.05) is 4.90 Å². The molecular formula is C11H13FO2S. The first kappa shape index (κ1) is 12.0. The van der Waals surface area contributed by atoms with Gasteiger partial charge in [0.1, 0.15) is 5.82 Å². The SMILES string of the molecule is CCOC(=O)c1ccc(SC)c(C)c1F. The van der Waals surface area contributed by atoms with Gasteiger partial charge in [-0.2, -0.15) is 0 Å². The molecule has 0 fully saturated rings. The minimum Gasteiger partial charge on any atom is -0.462 e. The minimum absolute atomic E-state index is 0.00662. The zero-order chi connectivity index (χ0) is 11.4. The molecule has 0 aromatic heterocycles. The number of hydrogen-bond donors (Lipinski definition) is 0. The Labute approximate surface area is 92.8 Å². The number of ether oxygens (including phenoxy) is 1. The number of esters is 1.